The zero-order valence-electron chi connectivity index (χ0n) is 17.6. The van der Waals surface area contributed by atoms with Gasteiger partial charge < -0.3 is 14.3 Å². The number of benzene rings is 2. The number of halogens is 4. The van der Waals surface area contributed by atoms with Crippen LogP contribution in [0, 0.1) is 0 Å². The first-order chi connectivity index (χ1) is 16.4. The molecule has 1 aromatic heterocycles. The number of alkyl halides is 3. The maximum Gasteiger partial charge on any atom is 0.416 e. The van der Waals surface area contributed by atoms with E-state index in [9.17, 15) is 36.3 Å². The summed E-state index contributed by atoms with van der Waals surface area (Å²) in [6.45, 7) is -0.825. The average Bonchev–Trinajstić information content (AvgIpc) is 3.62. The number of nitrogens with one attached hydrogen (secondary N) is 1. The highest BCUT2D eigenvalue weighted by atomic mass is 35.5. The molecule has 1 fully saturated rings. The first kappa shape index (κ1) is 25.0. The Kier molecular flexibility index (Phi) is 6.56. The summed E-state index contributed by atoms with van der Waals surface area (Å²) in [6, 6.07) is 6.09. The van der Waals surface area contributed by atoms with Crippen LogP contribution in [-0.4, -0.2) is 37.4 Å². The van der Waals surface area contributed by atoms with Crippen molar-refractivity contribution in [1.82, 2.24) is 4.72 Å². The van der Waals surface area contributed by atoms with E-state index in [0.29, 0.717) is 18.9 Å². The van der Waals surface area contributed by atoms with Crippen LogP contribution in [0.2, 0.25) is 5.02 Å². The van der Waals surface area contributed by atoms with E-state index >= 15 is 0 Å². The van der Waals surface area contributed by atoms with Crippen LogP contribution in [0.5, 0.6) is 5.75 Å². The second kappa shape index (κ2) is 9.17. The smallest absolute Gasteiger partial charge is 0.416 e. The lowest BCUT2D eigenvalue weighted by atomic mass is 10.1. The summed E-state index contributed by atoms with van der Waals surface area (Å²) in [6.07, 6.45) is -4.00. The lowest BCUT2D eigenvalue weighted by Gasteiger charge is -2.18. The number of carbonyl (C=O) groups is 1. The van der Waals surface area contributed by atoms with Gasteiger partial charge in [0.25, 0.3) is 0 Å². The number of hydrogen-bond acceptors (Lipinski definition) is 6. The maximum atomic E-state index is 13.3. The molecule has 13 heteroatoms. The molecular weight excluding hydrogens is 515 g/mol. The number of para-hydroxylation sites is 1. The molecular formula is C22H17ClF3NO7S. The number of aliphatic carboxylic acids is 1. The van der Waals surface area contributed by atoms with Crippen molar-refractivity contribution >= 4 is 38.6 Å². The normalized spacial score (nSPS) is 15.2. The predicted molar refractivity (Wildman–Crippen MR) is 120 cm³/mol. The molecule has 2 N–H and O–H groups in total. The third-order valence-corrected chi connectivity index (χ3v) is 7.51. The number of hydrogen-bond donors (Lipinski definition) is 2. The van der Waals surface area contributed by atoms with E-state index in [-0.39, 0.29) is 27.3 Å². The Hall–Kier alpha value is -3.09. The van der Waals surface area contributed by atoms with Gasteiger partial charge in [-0.05, 0) is 43.2 Å². The Morgan fingerprint density at radius 3 is 2.57 bits per heavy atom. The van der Waals surface area contributed by atoms with Gasteiger partial charge in [0.1, 0.15) is 18.1 Å². The fourth-order valence-electron chi connectivity index (χ4n) is 3.30. The van der Waals surface area contributed by atoms with Crippen LogP contribution in [0.25, 0.3) is 22.3 Å². The SMILES string of the molecule is O=C(O)[C@H](COc1cc(C(F)(F)F)ccc1-c1cc(=O)c2cccc(Cl)c2o1)NS(=O)(=O)C1CC1. The zero-order valence-corrected chi connectivity index (χ0v) is 19.2. The number of sulfonamides is 1. The highest BCUT2D eigenvalue weighted by Gasteiger charge is 2.39. The second-order valence-electron chi connectivity index (χ2n) is 7.86. The molecule has 0 unspecified atom stereocenters. The Morgan fingerprint density at radius 1 is 1.23 bits per heavy atom. The minimum Gasteiger partial charge on any atom is -0.491 e. The molecule has 3 aromatic rings. The molecule has 1 heterocycles. The van der Waals surface area contributed by atoms with E-state index in [2.05, 4.69) is 0 Å². The molecule has 8 nitrogen and oxygen atoms in total. The van der Waals surface area contributed by atoms with E-state index in [1.165, 1.54) is 18.2 Å². The molecule has 35 heavy (non-hydrogen) atoms. The summed E-state index contributed by atoms with van der Waals surface area (Å²) in [5.41, 5.74) is -1.72. The molecule has 0 spiro atoms. The Labute approximate surface area is 201 Å². The van der Waals surface area contributed by atoms with Crippen molar-refractivity contribution in [3.63, 3.8) is 0 Å². The van der Waals surface area contributed by atoms with Crippen molar-refractivity contribution < 1.29 is 40.6 Å². The van der Waals surface area contributed by atoms with Crippen molar-refractivity contribution in [2.75, 3.05) is 6.61 Å². The lowest BCUT2D eigenvalue weighted by molar-refractivity contribution is -0.140. The van der Waals surface area contributed by atoms with Gasteiger partial charge in [-0.2, -0.15) is 17.9 Å². The molecule has 0 radical (unpaired) electrons. The number of carboxylic acid groups (broad SMARTS) is 1. The Bertz CT molecular complexity index is 1470. The average molecular weight is 532 g/mol. The van der Waals surface area contributed by atoms with Gasteiger partial charge in [0, 0.05) is 6.07 Å². The van der Waals surface area contributed by atoms with Gasteiger partial charge in [0.15, 0.2) is 17.1 Å². The highest BCUT2D eigenvalue weighted by molar-refractivity contribution is 7.90. The number of fused-ring (bicyclic) bond motifs is 1. The van der Waals surface area contributed by atoms with Crippen molar-refractivity contribution in [2.24, 2.45) is 0 Å². The highest BCUT2D eigenvalue weighted by Crippen LogP contribution is 2.38. The fourth-order valence-corrected chi connectivity index (χ4v) is 5.03. The van der Waals surface area contributed by atoms with E-state index in [1.54, 1.807) is 0 Å². The summed E-state index contributed by atoms with van der Waals surface area (Å²) in [5.74, 6) is -2.22. The standard InChI is InChI=1S/C22H17ClF3NO7S/c23-15-3-1-2-13-17(28)9-19(34-20(13)15)14-7-4-11(22(24,25)26)8-18(14)33-10-16(21(29)30)27-35(31,32)12-5-6-12/h1-4,7-9,12,16,27H,5-6,10H2,(H,29,30)/t16-/m0/s1. The number of ether oxygens (including phenoxy) is 1. The first-order valence-corrected chi connectivity index (χ1v) is 12.1. The third-order valence-electron chi connectivity index (χ3n) is 5.25. The van der Waals surface area contributed by atoms with Crippen molar-refractivity contribution in [3.05, 3.63) is 63.3 Å². The van der Waals surface area contributed by atoms with Crippen LogP contribution in [0.1, 0.15) is 18.4 Å². The quantitative estimate of drug-likeness (QED) is 0.449. The summed E-state index contributed by atoms with van der Waals surface area (Å²) in [5, 5.41) is 8.94. The molecule has 1 aliphatic carbocycles. The number of rotatable bonds is 8. The van der Waals surface area contributed by atoms with Gasteiger partial charge in [-0.3, -0.25) is 9.59 Å². The molecule has 186 valence electrons. The van der Waals surface area contributed by atoms with Crippen LogP contribution in [0.15, 0.2) is 51.7 Å². The van der Waals surface area contributed by atoms with Crippen LogP contribution in [-0.2, 0) is 21.0 Å². The Morgan fingerprint density at radius 2 is 1.94 bits per heavy atom. The molecule has 2 aromatic carbocycles. The molecule has 1 aliphatic rings. The number of carboxylic acids is 1. The van der Waals surface area contributed by atoms with Gasteiger partial charge in [-0.15, -0.1) is 0 Å². The van der Waals surface area contributed by atoms with E-state index < -0.39 is 56.8 Å². The summed E-state index contributed by atoms with van der Waals surface area (Å²) < 4.78 is 77.4. The van der Waals surface area contributed by atoms with Gasteiger partial charge in [0.05, 0.1) is 26.8 Å². The molecule has 0 amide bonds. The van der Waals surface area contributed by atoms with Crippen LogP contribution in [0.4, 0.5) is 13.2 Å². The first-order valence-electron chi connectivity index (χ1n) is 10.2. The van der Waals surface area contributed by atoms with Gasteiger partial charge in [-0.25, -0.2) is 8.42 Å². The van der Waals surface area contributed by atoms with Crippen molar-refractivity contribution in [2.45, 2.75) is 30.3 Å². The van der Waals surface area contributed by atoms with Crippen LogP contribution >= 0.6 is 11.6 Å². The van der Waals surface area contributed by atoms with Crippen molar-refractivity contribution in [1.29, 1.82) is 0 Å². The van der Waals surface area contributed by atoms with E-state index in [1.807, 2.05) is 4.72 Å². The maximum absolute atomic E-state index is 13.3. The molecule has 4 rings (SSSR count). The predicted octanol–water partition coefficient (Wildman–Crippen LogP) is 4.05. The minimum absolute atomic E-state index is 0.00289. The van der Waals surface area contributed by atoms with E-state index in [0.717, 1.165) is 18.2 Å². The fraction of sp³-hybridized carbons (Fsp3) is 0.273. The minimum atomic E-state index is -4.76. The third kappa shape index (κ3) is 5.44. The summed E-state index contributed by atoms with van der Waals surface area (Å²) in [7, 11) is -3.93. The van der Waals surface area contributed by atoms with Gasteiger partial charge >= 0.3 is 12.1 Å². The van der Waals surface area contributed by atoms with Gasteiger partial charge in [-0.1, -0.05) is 17.7 Å². The van der Waals surface area contributed by atoms with E-state index in [4.69, 9.17) is 20.8 Å². The lowest BCUT2D eigenvalue weighted by Crippen LogP contribution is -2.46. The summed E-state index contributed by atoms with van der Waals surface area (Å²) >= 11 is 6.10. The van der Waals surface area contributed by atoms with Crippen LogP contribution < -0.4 is 14.9 Å². The zero-order chi connectivity index (χ0) is 25.5. The van der Waals surface area contributed by atoms with Crippen LogP contribution in [0.3, 0.4) is 0 Å². The second-order valence-corrected chi connectivity index (χ2v) is 10.3. The van der Waals surface area contributed by atoms with Gasteiger partial charge in [0.2, 0.25) is 10.0 Å². The molecule has 1 saturated carbocycles. The largest absolute Gasteiger partial charge is 0.491 e. The molecule has 0 aliphatic heterocycles. The Balaban J connectivity index is 1.74. The molecule has 0 bridgehead atoms. The van der Waals surface area contributed by atoms with Crippen molar-refractivity contribution in [3.8, 4) is 17.1 Å². The monoisotopic (exact) mass is 531 g/mol. The molecule has 0 saturated heterocycles. The summed E-state index contributed by atoms with van der Waals surface area (Å²) in [4.78, 5) is 24.1. The molecule has 1 atom stereocenters. The topological polar surface area (TPSA) is 123 Å².